The first-order valence-corrected chi connectivity index (χ1v) is 12.3. The quantitative estimate of drug-likeness (QED) is 0.125. The second-order valence-corrected chi connectivity index (χ2v) is 8.54. The maximum atomic E-state index is 12.6. The number of aromatic amines is 2. The van der Waals surface area contributed by atoms with Crippen LogP contribution in [-0.4, -0.2) is 52.8 Å². The molecule has 1 atom stereocenters. The van der Waals surface area contributed by atoms with Crippen LogP contribution in [0.5, 0.6) is 11.5 Å². The highest BCUT2D eigenvalue weighted by molar-refractivity contribution is 5.90. The zero-order valence-corrected chi connectivity index (χ0v) is 21.0. The molecule has 2 aromatic carbocycles. The summed E-state index contributed by atoms with van der Waals surface area (Å²) in [5.41, 5.74) is 2.01. The van der Waals surface area contributed by atoms with Gasteiger partial charge in [-0.05, 0) is 48.7 Å². The monoisotopic (exact) mass is 544 g/mol. The number of nitrogens with zero attached hydrogens (tertiary/aromatic N) is 1. The summed E-state index contributed by atoms with van der Waals surface area (Å²) in [4.78, 5) is 33.8. The third-order valence-electron chi connectivity index (χ3n) is 5.84. The SMILES string of the molecule is CCOc1ccc(C(CC(=O)OC(=O)C(F)(F)F)c2c[nH]c3cc(OCCCNc4ncc[nH]4)ccc23)cc1. The van der Waals surface area contributed by atoms with Crippen LogP contribution in [0.2, 0.25) is 0 Å². The van der Waals surface area contributed by atoms with E-state index in [2.05, 4.69) is 25.0 Å². The highest BCUT2D eigenvalue weighted by atomic mass is 19.4. The van der Waals surface area contributed by atoms with E-state index in [4.69, 9.17) is 9.47 Å². The molecule has 2 heterocycles. The van der Waals surface area contributed by atoms with Crippen LogP contribution in [0.1, 0.15) is 36.8 Å². The Balaban J connectivity index is 1.49. The summed E-state index contributed by atoms with van der Waals surface area (Å²) in [6.45, 7) is 3.42. The van der Waals surface area contributed by atoms with Gasteiger partial charge >= 0.3 is 18.1 Å². The van der Waals surface area contributed by atoms with Gasteiger partial charge in [-0.3, -0.25) is 4.79 Å². The number of esters is 2. The van der Waals surface area contributed by atoms with Gasteiger partial charge in [0.2, 0.25) is 0 Å². The number of halogens is 3. The zero-order chi connectivity index (χ0) is 27.8. The number of imidazole rings is 1. The number of anilines is 1. The molecule has 9 nitrogen and oxygen atoms in total. The number of fused-ring (bicyclic) bond motifs is 1. The summed E-state index contributed by atoms with van der Waals surface area (Å²) in [7, 11) is 0. The minimum Gasteiger partial charge on any atom is -0.494 e. The number of nitrogens with one attached hydrogen (secondary N) is 3. The lowest BCUT2D eigenvalue weighted by atomic mass is 9.88. The summed E-state index contributed by atoms with van der Waals surface area (Å²) < 4.78 is 53.3. The molecule has 4 aromatic rings. The molecule has 1 unspecified atom stereocenters. The van der Waals surface area contributed by atoms with Gasteiger partial charge in [0.25, 0.3) is 0 Å². The maximum Gasteiger partial charge on any atom is 0.491 e. The van der Waals surface area contributed by atoms with Crippen LogP contribution in [-0.2, 0) is 14.3 Å². The lowest BCUT2D eigenvalue weighted by Gasteiger charge is -2.17. The van der Waals surface area contributed by atoms with Crippen molar-refractivity contribution in [1.82, 2.24) is 15.0 Å². The number of alkyl halides is 3. The van der Waals surface area contributed by atoms with E-state index < -0.39 is 30.5 Å². The maximum absolute atomic E-state index is 12.6. The third-order valence-corrected chi connectivity index (χ3v) is 5.84. The molecular formula is C27H27F3N4O5. The molecule has 0 saturated carbocycles. The molecule has 0 amide bonds. The molecule has 4 rings (SSSR count). The van der Waals surface area contributed by atoms with E-state index in [0.29, 0.717) is 53.8 Å². The van der Waals surface area contributed by atoms with Gasteiger partial charge in [0.05, 0.1) is 19.6 Å². The Morgan fingerprint density at radius 2 is 1.82 bits per heavy atom. The van der Waals surface area contributed by atoms with Crippen LogP contribution in [0.15, 0.2) is 61.1 Å². The van der Waals surface area contributed by atoms with Crippen molar-refractivity contribution >= 4 is 28.8 Å². The van der Waals surface area contributed by atoms with Gasteiger partial charge in [-0.2, -0.15) is 13.2 Å². The van der Waals surface area contributed by atoms with Gasteiger partial charge in [-0.15, -0.1) is 0 Å². The first-order valence-electron chi connectivity index (χ1n) is 12.3. The van der Waals surface area contributed by atoms with Crippen LogP contribution in [0, 0.1) is 0 Å². The molecule has 0 aliphatic rings. The van der Waals surface area contributed by atoms with Crippen molar-refractivity contribution in [1.29, 1.82) is 0 Å². The van der Waals surface area contributed by atoms with Crippen molar-refractivity contribution < 1.29 is 37.0 Å². The lowest BCUT2D eigenvalue weighted by Crippen LogP contribution is -2.28. The summed E-state index contributed by atoms with van der Waals surface area (Å²) in [5.74, 6) is -2.60. The topological polar surface area (TPSA) is 118 Å². The summed E-state index contributed by atoms with van der Waals surface area (Å²) in [5, 5.41) is 3.88. The van der Waals surface area contributed by atoms with E-state index in [0.717, 1.165) is 11.8 Å². The van der Waals surface area contributed by atoms with Crippen LogP contribution in [0.3, 0.4) is 0 Å². The van der Waals surface area contributed by atoms with Crippen LogP contribution < -0.4 is 14.8 Å². The number of aromatic nitrogens is 3. The van der Waals surface area contributed by atoms with Crippen LogP contribution in [0.25, 0.3) is 10.9 Å². The molecule has 0 bridgehead atoms. The molecule has 206 valence electrons. The normalized spacial score (nSPS) is 12.2. The Kier molecular flexibility index (Phi) is 8.74. The fourth-order valence-corrected chi connectivity index (χ4v) is 4.08. The van der Waals surface area contributed by atoms with E-state index in [9.17, 15) is 22.8 Å². The predicted molar refractivity (Wildman–Crippen MR) is 137 cm³/mol. The smallest absolute Gasteiger partial charge is 0.491 e. The second kappa shape index (κ2) is 12.4. The number of hydrogen-bond acceptors (Lipinski definition) is 7. The summed E-state index contributed by atoms with van der Waals surface area (Å²) >= 11 is 0. The van der Waals surface area contributed by atoms with Crippen LogP contribution in [0.4, 0.5) is 19.1 Å². The summed E-state index contributed by atoms with van der Waals surface area (Å²) in [6.07, 6.45) is 0.0449. The Morgan fingerprint density at radius 1 is 1.05 bits per heavy atom. The number of benzene rings is 2. The molecule has 0 aliphatic heterocycles. The molecule has 2 aromatic heterocycles. The van der Waals surface area contributed by atoms with Crippen molar-refractivity contribution in [3.05, 3.63) is 72.2 Å². The Morgan fingerprint density at radius 3 is 2.51 bits per heavy atom. The van der Waals surface area contributed by atoms with Gasteiger partial charge < -0.3 is 29.5 Å². The number of hydrogen-bond donors (Lipinski definition) is 3. The zero-order valence-electron chi connectivity index (χ0n) is 21.0. The largest absolute Gasteiger partial charge is 0.494 e. The lowest BCUT2D eigenvalue weighted by molar-refractivity contribution is -0.201. The minimum atomic E-state index is -5.27. The van der Waals surface area contributed by atoms with E-state index in [1.807, 2.05) is 13.0 Å². The number of rotatable bonds is 12. The Bertz CT molecular complexity index is 1380. The predicted octanol–water partition coefficient (Wildman–Crippen LogP) is 5.32. The fourth-order valence-electron chi connectivity index (χ4n) is 4.08. The average Bonchev–Trinajstić information content (AvgIpc) is 3.57. The highest BCUT2D eigenvalue weighted by Crippen LogP contribution is 2.36. The summed E-state index contributed by atoms with van der Waals surface area (Å²) in [6, 6.07) is 12.3. The van der Waals surface area contributed by atoms with E-state index in [1.54, 1.807) is 55.0 Å². The van der Waals surface area contributed by atoms with Crippen LogP contribution >= 0.6 is 0 Å². The first kappa shape index (κ1) is 27.6. The van der Waals surface area contributed by atoms with Crippen molar-refractivity contribution in [2.75, 3.05) is 25.1 Å². The highest BCUT2D eigenvalue weighted by Gasteiger charge is 2.42. The molecule has 0 aliphatic carbocycles. The molecule has 3 N–H and O–H groups in total. The standard InChI is InChI=1S/C27H27F3N4O5/c1-2-37-18-6-4-17(5-7-18)21(15-24(35)39-25(36)27(28,29)30)22-16-34-23-14-19(8-9-20(22)23)38-13-3-10-31-26-32-11-12-33-26/h4-9,11-12,14,16,21,34H,2-3,10,13,15H2,1H3,(H2,31,32,33). The third kappa shape index (κ3) is 7.30. The van der Waals surface area contributed by atoms with Crippen molar-refractivity contribution in [3.63, 3.8) is 0 Å². The number of carbonyl (C=O) groups excluding carboxylic acids is 2. The first-order chi connectivity index (χ1) is 18.7. The molecular weight excluding hydrogens is 517 g/mol. The van der Waals surface area contributed by atoms with Gasteiger partial charge in [0.15, 0.2) is 5.95 Å². The molecule has 0 fully saturated rings. The van der Waals surface area contributed by atoms with Gasteiger partial charge in [-0.25, -0.2) is 9.78 Å². The molecule has 0 spiro atoms. The minimum absolute atomic E-state index is 0.459. The molecule has 0 saturated heterocycles. The number of ether oxygens (including phenoxy) is 3. The Hall–Kier alpha value is -4.48. The van der Waals surface area contributed by atoms with Crippen molar-refractivity contribution in [2.24, 2.45) is 0 Å². The molecule has 0 radical (unpaired) electrons. The van der Waals surface area contributed by atoms with Gasteiger partial charge in [-0.1, -0.05) is 12.1 Å². The van der Waals surface area contributed by atoms with Gasteiger partial charge in [0.1, 0.15) is 11.5 Å². The Labute approximate surface area is 221 Å². The van der Waals surface area contributed by atoms with Crippen molar-refractivity contribution in [2.45, 2.75) is 31.9 Å². The number of carbonyl (C=O) groups is 2. The fraction of sp³-hybridized carbons (Fsp3) is 0.296. The average molecular weight is 545 g/mol. The second-order valence-electron chi connectivity index (χ2n) is 8.54. The van der Waals surface area contributed by atoms with E-state index in [1.165, 1.54) is 0 Å². The van der Waals surface area contributed by atoms with Gasteiger partial charge in [0, 0.05) is 48.0 Å². The molecule has 39 heavy (non-hydrogen) atoms. The van der Waals surface area contributed by atoms with E-state index >= 15 is 0 Å². The van der Waals surface area contributed by atoms with Crippen molar-refractivity contribution in [3.8, 4) is 11.5 Å². The number of H-pyrrole nitrogens is 2. The molecule has 12 heteroatoms. The van der Waals surface area contributed by atoms with E-state index in [-0.39, 0.29) is 0 Å².